The van der Waals surface area contributed by atoms with Crippen LogP contribution in [0.2, 0.25) is 10.0 Å². The molecule has 0 spiro atoms. The third kappa shape index (κ3) is 2.98. The van der Waals surface area contributed by atoms with Crippen molar-refractivity contribution in [1.82, 2.24) is 5.32 Å². The molecule has 1 aromatic carbocycles. The highest BCUT2D eigenvalue weighted by Gasteiger charge is 2.34. The Bertz CT molecular complexity index is 404. The van der Waals surface area contributed by atoms with E-state index < -0.39 is 5.60 Å². The van der Waals surface area contributed by atoms with Gasteiger partial charge in [0.1, 0.15) is 5.60 Å². The molecule has 0 amide bonds. The largest absolute Gasteiger partial charge is 0.377 e. The zero-order valence-corrected chi connectivity index (χ0v) is 11.9. The zero-order valence-electron chi connectivity index (χ0n) is 10.3. The van der Waals surface area contributed by atoms with Crippen LogP contribution < -0.4 is 5.32 Å². The van der Waals surface area contributed by atoms with Crippen molar-refractivity contribution >= 4 is 23.2 Å². The maximum Gasteiger partial charge on any atom is 0.129 e. The van der Waals surface area contributed by atoms with Crippen LogP contribution in [0.5, 0.6) is 0 Å². The van der Waals surface area contributed by atoms with Crippen LogP contribution in [0.1, 0.15) is 12.5 Å². The molecule has 100 valence electrons. The van der Waals surface area contributed by atoms with Crippen molar-refractivity contribution in [2.75, 3.05) is 32.9 Å². The Hall–Kier alpha value is -0.320. The summed E-state index contributed by atoms with van der Waals surface area (Å²) in [6.07, 6.45) is 0. The summed E-state index contributed by atoms with van der Waals surface area (Å²) in [5.74, 6) is 0. The van der Waals surface area contributed by atoms with Crippen LogP contribution in [0.25, 0.3) is 0 Å². The van der Waals surface area contributed by atoms with Gasteiger partial charge in [0.2, 0.25) is 0 Å². The maximum atomic E-state index is 6.09. The van der Waals surface area contributed by atoms with Gasteiger partial charge in [-0.25, -0.2) is 0 Å². The van der Waals surface area contributed by atoms with Gasteiger partial charge in [0.15, 0.2) is 0 Å². The standard InChI is InChI=1S/C13H17Cl2NO2/c1-2-18-13(8-16-5-6-17-9-13)10-3-4-11(14)12(15)7-10/h3-4,7,16H,2,5-6,8-9H2,1H3/t13-/m0/s1. The van der Waals surface area contributed by atoms with Gasteiger partial charge < -0.3 is 14.8 Å². The second-order valence-corrected chi connectivity index (χ2v) is 5.10. The molecule has 0 bridgehead atoms. The van der Waals surface area contributed by atoms with E-state index in [4.69, 9.17) is 32.7 Å². The van der Waals surface area contributed by atoms with Crippen molar-refractivity contribution in [3.05, 3.63) is 33.8 Å². The highest BCUT2D eigenvalue weighted by Crippen LogP contribution is 2.32. The van der Waals surface area contributed by atoms with Gasteiger partial charge in [-0.05, 0) is 24.6 Å². The molecule has 5 heteroatoms. The number of halogens is 2. The smallest absolute Gasteiger partial charge is 0.129 e. The Morgan fingerprint density at radius 2 is 2.22 bits per heavy atom. The van der Waals surface area contributed by atoms with Crippen LogP contribution in [0, 0.1) is 0 Å². The van der Waals surface area contributed by atoms with Crippen molar-refractivity contribution in [3.63, 3.8) is 0 Å². The highest BCUT2D eigenvalue weighted by molar-refractivity contribution is 6.42. The van der Waals surface area contributed by atoms with E-state index in [1.165, 1.54) is 0 Å². The van der Waals surface area contributed by atoms with E-state index in [-0.39, 0.29) is 0 Å². The molecule has 1 aromatic rings. The molecule has 1 saturated heterocycles. The van der Waals surface area contributed by atoms with Crippen LogP contribution >= 0.6 is 23.2 Å². The first-order valence-electron chi connectivity index (χ1n) is 6.06. The normalized spacial score (nSPS) is 24.8. The Morgan fingerprint density at radius 3 is 2.94 bits per heavy atom. The second-order valence-electron chi connectivity index (χ2n) is 4.29. The molecular weight excluding hydrogens is 273 g/mol. The molecule has 1 atom stereocenters. The quantitative estimate of drug-likeness (QED) is 0.928. The van der Waals surface area contributed by atoms with Gasteiger partial charge in [-0.1, -0.05) is 29.3 Å². The summed E-state index contributed by atoms with van der Waals surface area (Å²) in [6.45, 7) is 5.34. The fourth-order valence-electron chi connectivity index (χ4n) is 2.14. The number of ether oxygens (including phenoxy) is 2. The molecule has 2 rings (SSSR count). The van der Waals surface area contributed by atoms with Gasteiger partial charge in [-0.2, -0.15) is 0 Å². The predicted octanol–water partition coefficient (Wildman–Crippen LogP) is 2.85. The first-order chi connectivity index (χ1) is 8.68. The van der Waals surface area contributed by atoms with Crippen molar-refractivity contribution in [3.8, 4) is 0 Å². The lowest BCUT2D eigenvalue weighted by atomic mass is 9.94. The van der Waals surface area contributed by atoms with Crippen molar-refractivity contribution in [2.45, 2.75) is 12.5 Å². The maximum absolute atomic E-state index is 6.09. The minimum Gasteiger partial charge on any atom is -0.377 e. The molecule has 1 N–H and O–H groups in total. The summed E-state index contributed by atoms with van der Waals surface area (Å²) >= 11 is 12.0. The third-order valence-electron chi connectivity index (χ3n) is 3.04. The van der Waals surface area contributed by atoms with E-state index in [1.54, 1.807) is 6.07 Å². The van der Waals surface area contributed by atoms with Crippen molar-refractivity contribution in [1.29, 1.82) is 0 Å². The molecular formula is C13H17Cl2NO2. The van der Waals surface area contributed by atoms with Crippen LogP contribution in [0.4, 0.5) is 0 Å². The Balaban J connectivity index is 2.35. The molecule has 18 heavy (non-hydrogen) atoms. The summed E-state index contributed by atoms with van der Waals surface area (Å²) in [5, 5.41) is 4.42. The van der Waals surface area contributed by atoms with E-state index in [0.717, 1.165) is 12.1 Å². The van der Waals surface area contributed by atoms with Crippen molar-refractivity contribution < 1.29 is 9.47 Å². The molecule has 1 fully saturated rings. The van der Waals surface area contributed by atoms with Gasteiger partial charge >= 0.3 is 0 Å². The number of hydrogen-bond acceptors (Lipinski definition) is 3. The SMILES string of the molecule is CCO[C@@]1(c2ccc(Cl)c(Cl)c2)CNCCOC1. The van der Waals surface area contributed by atoms with E-state index >= 15 is 0 Å². The fraction of sp³-hybridized carbons (Fsp3) is 0.538. The molecule has 0 aromatic heterocycles. The Kier molecular flexibility index (Phi) is 4.87. The van der Waals surface area contributed by atoms with Gasteiger partial charge in [0, 0.05) is 19.7 Å². The topological polar surface area (TPSA) is 30.5 Å². The van der Waals surface area contributed by atoms with E-state index in [9.17, 15) is 0 Å². The lowest BCUT2D eigenvalue weighted by Crippen LogP contribution is -2.42. The van der Waals surface area contributed by atoms with Gasteiger partial charge in [-0.3, -0.25) is 0 Å². The Morgan fingerprint density at radius 1 is 1.39 bits per heavy atom. The zero-order chi connectivity index (χ0) is 13.0. The summed E-state index contributed by atoms with van der Waals surface area (Å²) in [5.41, 5.74) is 0.507. The third-order valence-corrected chi connectivity index (χ3v) is 3.77. The van der Waals surface area contributed by atoms with Gasteiger partial charge in [0.05, 0.1) is 23.3 Å². The minimum atomic E-state index is -0.487. The molecule has 0 unspecified atom stereocenters. The van der Waals surface area contributed by atoms with Crippen molar-refractivity contribution in [2.24, 2.45) is 0 Å². The lowest BCUT2D eigenvalue weighted by molar-refractivity contribution is -0.0854. The summed E-state index contributed by atoms with van der Waals surface area (Å²) in [6, 6.07) is 5.60. The monoisotopic (exact) mass is 289 g/mol. The van der Waals surface area contributed by atoms with Crippen LogP contribution in [0.15, 0.2) is 18.2 Å². The molecule has 0 saturated carbocycles. The van der Waals surface area contributed by atoms with Crippen LogP contribution in [0.3, 0.4) is 0 Å². The molecule has 0 aliphatic carbocycles. The summed E-state index contributed by atoms with van der Waals surface area (Å²) in [7, 11) is 0. The van der Waals surface area contributed by atoms with Gasteiger partial charge in [-0.15, -0.1) is 0 Å². The fourth-order valence-corrected chi connectivity index (χ4v) is 2.44. The molecule has 1 heterocycles. The van der Waals surface area contributed by atoms with E-state index in [0.29, 0.717) is 36.4 Å². The predicted molar refractivity (Wildman–Crippen MR) is 73.5 cm³/mol. The Labute approximate surface area is 117 Å². The van der Waals surface area contributed by atoms with Crippen LogP contribution in [-0.4, -0.2) is 32.9 Å². The number of rotatable bonds is 3. The van der Waals surface area contributed by atoms with Gasteiger partial charge in [0.25, 0.3) is 0 Å². The average Bonchev–Trinajstić information content (AvgIpc) is 2.60. The number of hydrogen-bond donors (Lipinski definition) is 1. The van der Waals surface area contributed by atoms with E-state index in [1.807, 2.05) is 19.1 Å². The van der Waals surface area contributed by atoms with E-state index in [2.05, 4.69) is 5.32 Å². The lowest BCUT2D eigenvalue weighted by Gasteiger charge is -2.32. The molecule has 1 aliphatic heterocycles. The van der Waals surface area contributed by atoms with Crippen LogP contribution in [-0.2, 0) is 15.1 Å². The molecule has 3 nitrogen and oxygen atoms in total. The highest BCUT2D eigenvalue weighted by atomic mass is 35.5. The summed E-state index contributed by atoms with van der Waals surface area (Å²) < 4.78 is 11.6. The average molecular weight is 290 g/mol. The summed E-state index contributed by atoms with van der Waals surface area (Å²) in [4.78, 5) is 0. The number of benzene rings is 1. The first-order valence-corrected chi connectivity index (χ1v) is 6.81. The molecule has 0 radical (unpaired) electrons. The minimum absolute atomic E-state index is 0.487. The first kappa shape index (κ1) is 14.1. The number of nitrogens with one attached hydrogen (secondary N) is 1. The molecule has 1 aliphatic rings. The second kappa shape index (κ2) is 6.22.